The first kappa shape index (κ1) is 14.0. The molecule has 2 aromatic rings. The Morgan fingerprint density at radius 1 is 1.30 bits per heavy atom. The standard InChI is InChI=1S/C14H12N2O3S/c1-9-3-2-4-10(7-9)13(17)16-15-8-11-5-6-12(20-11)14(18)19/h2-8H,1H3,(H,16,17)(H,18,19)/b15-8+. The van der Waals surface area contributed by atoms with Crippen LogP contribution in [0, 0.1) is 6.92 Å². The van der Waals surface area contributed by atoms with Gasteiger partial charge in [0.05, 0.1) is 6.21 Å². The molecule has 2 N–H and O–H groups in total. The molecule has 0 aliphatic carbocycles. The zero-order valence-corrected chi connectivity index (χ0v) is 11.5. The van der Waals surface area contributed by atoms with Crippen molar-refractivity contribution in [2.75, 3.05) is 0 Å². The van der Waals surface area contributed by atoms with Gasteiger partial charge in [-0.25, -0.2) is 10.2 Å². The molecule has 102 valence electrons. The summed E-state index contributed by atoms with van der Waals surface area (Å²) in [6.07, 6.45) is 1.42. The third-order valence-corrected chi connectivity index (χ3v) is 3.48. The van der Waals surface area contributed by atoms with Crippen LogP contribution in [0.2, 0.25) is 0 Å². The van der Waals surface area contributed by atoms with E-state index < -0.39 is 5.97 Å². The molecule has 0 saturated heterocycles. The zero-order chi connectivity index (χ0) is 14.5. The summed E-state index contributed by atoms with van der Waals surface area (Å²) in [7, 11) is 0. The molecule has 1 heterocycles. The van der Waals surface area contributed by atoms with Crippen LogP contribution in [-0.4, -0.2) is 23.2 Å². The third kappa shape index (κ3) is 3.52. The number of rotatable bonds is 4. The Hall–Kier alpha value is -2.47. The smallest absolute Gasteiger partial charge is 0.345 e. The molecule has 0 aliphatic heterocycles. The fraction of sp³-hybridized carbons (Fsp3) is 0.0714. The lowest BCUT2D eigenvalue weighted by Gasteiger charge is -2.00. The summed E-state index contributed by atoms with van der Waals surface area (Å²) in [4.78, 5) is 23.4. The molecule has 0 spiro atoms. The molecule has 0 radical (unpaired) electrons. The highest BCUT2D eigenvalue weighted by Gasteiger charge is 2.06. The topological polar surface area (TPSA) is 78.8 Å². The number of hydrogen-bond acceptors (Lipinski definition) is 4. The molecule has 0 aliphatic rings. The van der Waals surface area contributed by atoms with Gasteiger partial charge in [-0.05, 0) is 31.2 Å². The van der Waals surface area contributed by atoms with E-state index in [4.69, 9.17) is 5.11 Å². The molecule has 6 heteroatoms. The van der Waals surface area contributed by atoms with Crippen LogP contribution in [0.4, 0.5) is 0 Å². The second-order valence-electron chi connectivity index (χ2n) is 4.08. The van der Waals surface area contributed by atoms with E-state index in [9.17, 15) is 9.59 Å². The summed E-state index contributed by atoms with van der Waals surface area (Å²) in [5.74, 6) is -1.28. The van der Waals surface area contributed by atoms with Crippen molar-refractivity contribution < 1.29 is 14.7 Å². The van der Waals surface area contributed by atoms with Crippen LogP contribution < -0.4 is 5.43 Å². The molecule has 0 fully saturated rings. The van der Waals surface area contributed by atoms with Crippen LogP contribution in [0.5, 0.6) is 0 Å². The molecular weight excluding hydrogens is 276 g/mol. The number of hydrazone groups is 1. The van der Waals surface area contributed by atoms with Crippen molar-refractivity contribution in [3.8, 4) is 0 Å². The average Bonchev–Trinajstić information content (AvgIpc) is 2.87. The number of carbonyl (C=O) groups is 2. The van der Waals surface area contributed by atoms with Gasteiger partial charge in [-0.3, -0.25) is 4.79 Å². The summed E-state index contributed by atoms with van der Waals surface area (Å²) < 4.78 is 0. The summed E-state index contributed by atoms with van der Waals surface area (Å²) in [5.41, 5.74) is 3.92. The van der Waals surface area contributed by atoms with Crippen LogP contribution in [0.15, 0.2) is 41.5 Å². The average molecular weight is 288 g/mol. The van der Waals surface area contributed by atoms with Crippen LogP contribution in [0.1, 0.15) is 30.5 Å². The summed E-state index contributed by atoms with van der Waals surface area (Å²) in [6.45, 7) is 1.90. The maximum Gasteiger partial charge on any atom is 0.345 e. The number of benzene rings is 1. The lowest BCUT2D eigenvalue weighted by Crippen LogP contribution is -2.17. The number of nitrogens with zero attached hydrogens (tertiary/aromatic N) is 1. The highest BCUT2D eigenvalue weighted by atomic mass is 32.1. The fourth-order valence-electron chi connectivity index (χ4n) is 1.54. The highest BCUT2D eigenvalue weighted by Crippen LogP contribution is 2.14. The second kappa shape index (κ2) is 6.12. The quantitative estimate of drug-likeness (QED) is 0.670. The molecule has 1 aromatic heterocycles. The summed E-state index contributed by atoms with van der Waals surface area (Å²) in [5, 5.41) is 12.6. The van der Waals surface area contributed by atoms with Gasteiger partial charge in [0.15, 0.2) is 0 Å². The lowest BCUT2D eigenvalue weighted by atomic mass is 10.1. The molecule has 0 atom stereocenters. The highest BCUT2D eigenvalue weighted by molar-refractivity contribution is 7.15. The minimum absolute atomic E-state index is 0.233. The maximum atomic E-state index is 11.8. The molecule has 20 heavy (non-hydrogen) atoms. The first-order chi connectivity index (χ1) is 9.56. The lowest BCUT2D eigenvalue weighted by molar-refractivity contribution is 0.0702. The van der Waals surface area contributed by atoms with Crippen molar-refractivity contribution in [3.05, 3.63) is 57.3 Å². The zero-order valence-electron chi connectivity index (χ0n) is 10.7. The Balaban J connectivity index is 1.99. The van der Waals surface area contributed by atoms with Gasteiger partial charge in [-0.2, -0.15) is 5.10 Å². The second-order valence-corrected chi connectivity index (χ2v) is 5.19. The van der Waals surface area contributed by atoms with E-state index in [1.807, 2.05) is 13.0 Å². The number of nitrogens with one attached hydrogen (secondary N) is 1. The Labute approximate surface area is 119 Å². The number of carboxylic acid groups (broad SMARTS) is 1. The first-order valence-electron chi connectivity index (χ1n) is 5.79. The van der Waals surface area contributed by atoms with Gasteiger partial charge in [0.1, 0.15) is 4.88 Å². The largest absolute Gasteiger partial charge is 0.477 e. The van der Waals surface area contributed by atoms with Crippen molar-refractivity contribution in [3.63, 3.8) is 0 Å². The Morgan fingerprint density at radius 2 is 2.10 bits per heavy atom. The van der Waals surface area contributed by atoms with Gasteiger partial charge >= 0.3 is 5.97 Å². The van der Waals surface area contributed by atoms with Gasteiger partial charge in [0.2, 0.25) is 0 Å². The molecule has 1 amide bonds. The van der Waals surface area contributed by atoms with E-state index in [0.717, 1.165) is 16.9 Å². The molecule has 0 unspecified atom stereocenters. The van der Waals surface area contributed by atoms with E-state index in [0.29, 0.717) is 10.4 Å². The van der Waals surface area contributed by atoms with Crippen LogP contribution >= 0.6 is 11.3 Å². The van der Waals surface area contributed by atoms with Gasteiger partial charge in [0.25, 0.3) is 5.91 Å². The van der Waals surface area contributed by atoms with Crippen molar-refractivity contribution in [2.24, 2.45) is 5.10 Å². The van der Waals surface area contributed by atoms with Crippen LogP contribution in [0.3, 0.4) is 0 Å². The molecule has 2 rings (SSSR count). The molecule has 5 nitrogen and oxygen atoms in total. The summed E-state index contributed by atoms with van der Waals surface area (Å²) in [6, 6.07) is 10.3. The number of carbonyl (C=O) groups excluding carboxylic acids is 1. The molecule has 1 aromatic carbocycles. The van der Waals surface area contributed by atoms with Crippen molar-refractivity contribution in [1.82, 2.24) is 5.43 Å². The van der Waals surface area contributed by atoms with Crippen LogP contribution in [-0.2, 0) is 0 Å². The predicted molar refractivity (Wildman–Crippen MR) is 77.5 cm³/mol. The Bertz CT molecular complexity index is 677. The molecular formula is C14H12N2O3S. The first-order valence-corrected chi connectivity index (χ1v) is 6.61. The maximum absolute atomic E-state index is 11.8. The number of hydrogen-bond donors (Lipinski definition) is 2. The normalized spacial score (nSPS) is 10.7. The van der Waals surface area contributed by atoms with Crippen molar-refractivity contribution >= 4 is 29.4 Å². The number of aryl methyl sites for hydroxylation is 1. The van der Waals surface area contributed by atoms with Crippen LogP contribution in [0.25, 0.3) is 0 Å². The van der Waals surface area contributed by atoms with Crippen molar-refractivity contribution in [2.45, 2.75) is 6.92 Å². The van der Waals surface area contributed by atoms with E-state index in [1.165, 1.54) is 12.3 Å². The molecule has 0 bridgehead atoms. The number of carboxylic acids is 1. The monoisotopic (exact) mass is 288 g/mol. The van der Waals surface area contributed by atoms with E-state index >= 15 is 0 Å². The summed E-state index contributed by atoms with van der Waals surface area (Å²) >= 11 is 1.09. The van der Waals surface area contributed by atoms with E-state index in [2.05, 4.69) is 10.5 Å². The Kier molecular flexibility index (Phi) is 4.27. The SMILES string of the molecule is Cc1cccc(C(=O)N/N=C/c2ccc(C(=O)O)s2)c1. The number of amides is 1. The van der Waals surface area contributed by atoms with Crippen molar-refractivity contribution in [1.29, 1.82) is 0 Å². The number of aromatic carboxylic acids is 1. The number of thiophene rings is 1. The fourth-order valence-corrected chi connectivity index (χ4v) is 2.26. The predicted octanol–water partition coefficient (Wildman–Crippen LogP) is 2.52. The van der Waals surface area contributed by atoms with Gasteiger partial charge < -0.3 is 5.11 Å². The van der Waals surface area contributed by atoms with Gasteiger partial charge in [-0.1, -0.05) is 17.7 Å². The third-order valence-electron chi connectivity index (χ3n) is 2.48. The van der Waals surface area contributed by atoms with Gasteiger partial charge in [0, 0.05) is 10.4 Å². The van der Waals surface area contributed by atoms with E-state index in [1.54, 1.807) is 24.3 Å². The minimum atomic E-state index is -0.974. The van der Waals surface area contributed by atoms with Gasteiger partial charge in [-0.15, -0.1) is 11.3 Å². The van der Waals surface area contributed by atoms with E-state index in [-0.39, 0.29) is 10.8 Å². The Morgan fingerprint density at radius 3 is 2.75 bits per heavy atom. The molecule has 0 saturated carbocycles. The minimum Gasteiger partial charge on any atom is -0.477 e.